The van der Waals surface area contributed by atoms with E-state index in [0.29, 0.717) is 18.7 Å². The number of amides is 1. The number of carbonyl (C=O) groups excluding carboxylic acids is 1. The van der Waals surface area contributed by atoms with E-state index in [9.17, 15) is 4.79 Å². The van der Waals surface area contributed by atoms with Crippen molar-refractivity contribution in [3.05, 3.63) is 102 Å². The summed E-state index contributed by atoms with van der Waals surface area (Å²) < 4.78 is 5.20. The molecule has 1 amide bonds. The Bertz CT molecular complexity index is 925. The Kier molecular flexibility index (Phi) is 7.47. The lowest BCUT2D eigenvalue weighted by Gasteiger charge is -2.21. The maximum atomic E-state index is 13.0. The third kappa shape index (κ3) is 5.96. The van der Waals surface area contributed by atoms with E-state index in [1.807, 2.05) is 60.8 Å². The molecule has 0 unspecified atom stereocenters. The first-order chi connectivity index (χ1) is 14.2. The Balaban J connectivity index is 1.64. The van der Waals surface area contributed by atoms with Crippen LogP contribution in [0.5, 0.6) is 5.75 Å². The highest BCUT2D eigenvalue weighted by molar-refractivity contribution is 7.98. The van der Waals surface area contributed by atoms with Crippen LogP contribution in [0.4, 0.5) is 0 Å². The molecule has 0 bridgehead atoms. The van der Waals surface area contributed by atoms with Gasteiger partial charge in [0.2, 0.25) is 0 Å². The van der Waals surface area contributed by atoms with Gasteiger partial charge in [-0.2, -0.15) is 0 Å². The number of thioether (sulfide) groups is 1. The first-order valence-corrected chi connectivity index (χ1v) is 10.3. The third-order valence-corrected chi connectivity index (χ3v) is 5.48. The van der Waals surface area contributed by atoms with Gasteiger partial charge < -0.3 is 9.64 Å². The largest absolute Gasteiger partial charge is 0.497 e. The molecular formula is C24H24N2O2S. The molecule has 5 heteroatoms. The topological polar surface area (TPSA) is 42.4 Å². The van der Waals surface area contributed by atoms with Crippen LogP contribution in [0, 0.1) is 0 Å². The molecule has 4 nitrogen and oxygen atoms in total. The lowest BCUT2D eigenvalue weighted by Crippen LogP contribution is -2.30. The van der Waals surface area contributed by atoms with Gasteiger partial charge in [0.15, 0.2) is 0 Å². The molecule has 0 atom stereocenters. The summed E-state index contributed by atoms with van der Waals surface area (Å²) in [7, 11) is 1.64. The smallest absolute Gasteiger partial charge is 0.254 e. The summed E-state index contributed by atoms with van der Waals surface area (Å²) in [6.07, 6.45) is 5.40. The Morgan fingerprint density at radius 3 is 2.48 bits per heavy atom. The van der Waals surface area contributed by atoms with Crippen LogP contribution >= 0.6 is 11.8 Å². The predicted octanol–water partition coefficient (Wildman–Crippen LogP) is 5.21. The summed E-state index contributed by atoms with van der Waals surface area (Å²) in [5, 5.41) is 0. The van der Waals surface area contributed by atoms with Crippen molar-refractivity contribution >= 4 is 17.7 Å². The molecule has 3 rings (SSSR count). The minimum absolute atomic E-state index is 0.00970. The average Bonchev–Trinajstić information content (AvgIpc) is 2.78. The van der Waals surface area contributed by atoms with Crippen molar-refractivity contribution in [1.29, 1.82) is 0 Å². The number of hydrogen-bond donors (Lipinski definition) is 0. The zero-order valence-electron chi connectivity index (χ0n) is 16.5. The molecule has 148 valence electrons. The minimum Gasteiger partial charge on any atom is -0.497 e. The molecule has 1 aromatic heterocycles. The van der Waals surface area contributed by atoms with E-state index in [1.165, 1.54) is 5.56 Å². The number of hydrogen-bond acceptors (Lipinski definition) is 4. The van der Waals surface area contributed by atoms with Crippen molar-refractivity contribution in [3.8, 4) is 5.75 Å². The third-order valence-electron chi connectivity index (χ3n) is 4.40. The van der Waals surface area contributed by atoms with E-state index in [1.54, 1.807) is 36.0 Å². The van der Waals surface area contributed by atoms with Gasteiger partial charge in [-0.15, -0.1) is 18.3 Å². The van der Waals surface area contributed by atoms with Gasteiger partial charge in [-0.1, -0.05) is 24.3 Å². The summed E-state index contributed by atoms with van der Waals surface area (Å²) in [5.74, 6) is 1.64. The second-order valence-electron chi connectivity index (χ2n) is 6.50. The second-order valence-corrected chi connectivity index (χ2v) is 7.55. The number of aromatic nitrogens is 1. The summed E-state index contributed by atoms with van der Waals surface area (Å²) in [6.45, 7) is 4.80. The van der Waals surface area contributed by atoms with Gasteiger partial charge in [0, 0.05) is 41.7 Å². The summed E-state index contributed by atoms with van der Waals surface area (Å²) in [5.41, 5.74) is 2.89. The number of methoxy groups -OCH3 is 1. The standard InChI is InChI=1S/C24H24N2O2S/c1-3-15-26(17-19-6-10-22(28-2)11-7-19)24(27)21-8-12-23(13-9-21)29-18-20-5-4-14-25-16-20/h3-14,16H,1,15,17-18H2,2H3. The Morgan fingerprint density at radius 2 is 1.86 bits per heavy atom. The van der Waals surface area contributed by atoms with Gasteiger partial charge in [0.05, 0.1) is 7.11 Å². The molecule has 0 aliphatic rings. The highest BCUT2D eigenvalue weighted by Crippen LogP contribution is 2.23. The number of carbonyl (C=O) groups is 1. The zero-order chi connectivity index (χ0) is 20.5. The predicted molar refractivity (Wildman–Crippen MR) is 118 cm³/mol. The molecule has 1 heterocycles. The van der Waals surface area contributed by atoms with Gasteiger partial charge >= 0.3 is 0 Å². The van der Waals surface area contributed by atoms with Crippen molar-refractivity contribution in [2.45, 2.75) is 17.2 Å². The van der Waals surface area contributed by atoms with Crippen molar-refractivity contribution in [2.75, 3.05) is 13.7 Å². The van der Waals surface area contributed by atoms with Gasteiger partial charge in [-0.25, -0.2) is 0 Å². The van der Waals surface area contributed by atoms with Gasteiger partial charge in [0.25, 0.3) is 5.91 Å². The molecule has 29 heavy (non-hydrogen) atoms. The summed E-state index contributed by atoms with van der Waals surface area (Å²) >= 11 is 1.73. The van der Waals surface area contributed by atoms with E-state index in [-0.39, 0.29) is 5.91 Å². The number of rotatable bonds is 9. The van der Waals surface area contributed by atoms with Crippen LogP contribution in [-0.4, -0.2) is 29.4 Å². The number of benzene rings is 2. The SMILES string of the molecule is C=CCN(Cc1ccc(OC)cc1)C(=O)c1ccc(SCc2cccnc2)cc1. The molecule has 0 fully saturated rings. The first-order valence-electron chi connectivity index (χ1n) is 9.34. The van der Waals surface area contributed by atoms with E-state index >= 15 is 0 Å². The molecule has 0 aliphatic heterocycles. The fourth-order valence-electron chi connectivity index (χ4n) is 2.85. The van der Waals surface area contributed by atoms with Crippen LogP contribution in [0.15, 0.2) is 90.6 Å². The summed E-state index contributed by atoms with van der Waals surface area (Å²) in [6, 6.07) is 19.5. The van der Waals surface area contributed by atoms with E-state index in [4.69, 9.17) is 4.74 Å². The average molecular weight is 405 g/mol. The maximum absolute atomic E-state index is 13.0. The van der Waals surface area contributed by atoms with Crippen LogP contribution in [0.2, 0.25) is 0 Å². The van der Waals surface area contributed by atoms with Crippen LogP contribution in [0.25, 0.3) is 0 Å². The molecule has 0 spiro atoms. The minimum atomic E-state index is -0.00970. The molecule has 0 saturated heterocycles. The Labute approximate surface area is 176 Å². The number of ether oxygens (including phenoxy) is 1. The van der Waals surface area contributed by atoms with Crippen molar-refractivity contribution in [1.82, 2.24) is 9.88 Å². The van der Waals surface area contributed by atoms with Gasteiger partial charge in [-0.3, -0.25) is 9.78 Å². The Morgan fingerprint density at radius 1 is 1.10 bits per heavy atom. The quantitative estimate of drug-likeness (QED) is 0.363. The van der Waals surface area contributed by atoms with Gasteiger partial charge in [0.1, 0.15) is 5.75 Å². The van der Waals surface area contributed by atoms with E-state index < -0.39 is 0 Å². The fourth-order valence-corrected chi connectivity index (χ4v) is 3.69. The second kappa shape index (κ2) is 10.5. The maximum Gasteiger partial charge on any atom is 0.254 e. The van der Waals surface area contributed by atoms with Crippen molar-refractivity contribution in [3.63, 3.8) is 0 Å². The van der Waals surface area contributed by atoms with Crippen LogP contribution in [0.3, 0.4) is 0 Å². The first kappa shape index (κ1) is 20.7. The molecule has 3 aromatic rings. The monoisotopic (exact) mass is 404 g/mol. The van der Waals surface area contributed by atoms with Crippen LogP contribution in [-0.2, 0) is 12.3 Å². The van der Waals surface area contributed by atoms with Crippen molar-refractivity contribution in [2.24, 2.45) is 0 Å². The van der Waals surface area contributed by atoms with E-state index in [2.05, 4.69) is 17.6 Å². The normalized spacial score (nSPS) is 10.4. The Hall–Kier alpha value is -3.05. The number of nitrogens with zero attached hydrogens (tertiary/aromatic N) is 2. The lowest BCUT2D eigenvalue weighted by molar-refractivity contribution is 0.0762. The molecule has 0 radical (unpaired) electrons. The molecule has 2 aromatic carbocycles. The highest BCUT2D eigenvalue weighted by Gasteiger charge is 2.15. The highest BCUT2D eigenvalue weighted by atomic mass is 32.2. The molecular weight excluding hydrogens is 380 g/mol. The molecule has 0 saturated carbocycles. The van der Waals surface area contributed by atoms with Crippen molar-refractivity contribution < 1.29 is 9.53 Å². The lowest BCUT2D eigenvalue weighted by atomic mass is 10.1. The van der Waals surface area contributed by atoms with Crippen LogP contribution < -0.4 is 4.74 Å². The van der Waals surface area contributed by atoms with E-state index in [0.717, 1.165) is 22.0 Å². The fraction of sp³-hybridized carbons (Fsp3) is 0.167. The molecule has 0 aliphatic carbocycles. The van der Waals surface area contributed by atoms with Crippen LogP contribution in [0.1, 0.15) is 21.5 Å². The molecule has 0 N–H and O–H groups in total. The zero-order valence-corrected chi connectivity index (χ0v) is 17.3. The number of pyridine rings is 1. The summed E-state index contributed by atoms with van der Waals surface area (Å²) in [4.78, 5) is 20.0. The van der Waals surface area contributed by atoms with Gasteiger partial charge in [-0.05, 0) is 53.6 Å².